The summed E-state index contributed by atoms with van der Waals surface area (Å²) in [6, 6.07) is 7.71. The molecule has 100 valence electrons. The minimum atomic E-state index is -1.64. The number of aliphatic hydroxyl groups is 1. The van der Waals surface area contributed by atoms with Gasteiger partial charge in [0.15, 0.2) is 6.10 Å². The van der Waals surface area contributed by atoms with Gasteiger partial charge in [0.1, 0.15) is 0 Å². The van der Waals surface area contributed by atoms with Gasteiger partial charge in [0.05, 0.1) is 18.2 Å². The molecular weight excluding hydrogens is 250 g/mol. The molecule has 1 aromatic carbocycles. The molecule has 0 bridgehead atoms. The summed E-state index contributed by atoms with van der Waals surface area (Å²) in [6.07, 6.45) is -1.64. The predicted molar refractivity (Wildman–Crippen MR) is 66.6 cm³/mol. The predicted octanol–water partition coefficient (Wildman–Crippen LogP) is 0.150. The van der Waals surface area contributed by atoms with Gasteiger partial charge in [-0.3, -0.25) is 4.90 Å². The van der Waals surface area contributed by atoms with Gasteiger partial charge in [0.25, 0.3) is 0 Å². The number of urea groups is 1. The Labute approximate surface area is 109 Å². The number of benzene rings is 1. The molecule has 0 radical (unpaired) electrons. The molecule has 7 heteroatoms. The van der Waals surface area contributed by atoms with Crippen LogP contribution in [0.15, 0.2) is 24.3 Å². The van der Waals surface area contributed by atoms with Crippen LogP contribution in [0.2, 0.25) is 0 Å². The summed E-state index contributed by atoms with van der Waals surface area (Å²) in [5.74, 6) is -1.40. The van der Waals surface area contributed by atoms with E-state index in [9.17, 15) is 9.59 Å². The first kappa shape index (κ1) is 14.5. The highest BCUT2D eigenvalue weighted by Crippen LogP contribution is 2.13. The molecule has 0 fully saturated rings. The van der Waals surface area contributed by atoms with Gasteiger partial charge in [0.2, 0.25) is 0 Å². The second-order valence-corrected chi connectivity index (χ2v) is 3.76. The SMILES string of the molecule is CN(C(=O)NC[C@H](O)C(=O)O)c1ccc(C#N)cc1. The van der Waals surface area contributed by atoms with Gasteiger partial charge in [0, 0.05) is 12.7 Å². The van der Waals surface area contributed by atoms with Crippen molar-refractivity contribution in [3.05, 3.63) is 29.8 Å². The largest absolute Gasteiger partial charge is 0.479 e. The summed E-state index contributed by atoms with van der Waals surface area (Å²) in [5.41, 5.74) is 1.01. The minimum absolute atomic E-state index is 0.380. The van der Waals surface area contributed by atoms with Crippen molar-refractivity contribution >= 4 is 17.7 Å². The van der Waals surface area contributed by atoms with Crippen LogP contribution < -0.4 is 10.2 Å². The molecule has 0 aliphatic rings. The zero-order chi connectivity index (χ0) is 14.4. The number of aliphatic hydroxyl groups excluding tert-OH is 1. The zero-order valence-corrected chi connectivity index (χ0v) is 10.2. The highest BCUT2D eigenvalue weighted by Gasteiger charge is 2.16. The quantitative estimate of drug-likeness (QED) is 0.715. The Morgan fingerprint density at radius 3 is 2.47 bits per heavy atom. The minimum Gasteiger partial charge on any atom is -0.479 e. The van der Waals surface area contributed by atoms with E-state index in [1.165, 1.54) is 11.9 Å². The fourth-order valence-electron chi connectivity index (χ4n) is 1.27. The molecule has 0 aromatic heterocycles. The summed E-state index contributed by atoms with van der Waals surface area (Å²) in [4.78, 5) is 23.3. The molecule has 0 saturated carbocycles. The van der Waals surface area contributed by atoms with Crippen LogP contribution in [0, 0.1) is 11.3 Å². The Morgan fingerprint density at radius 1 is 1.42 bits per heavy atom. The number of hydrogen-bond donors (Lipinski definition) is 3. The fraction of sp³-hybridized carbons (Fsp3) is 0.250. The lowest BCUT2D eigenvalue weighted by Gasteiger charge is -2.18. The summed E-state index contributed by atoms with van der Waals surface area (Å²) < 4.78 is 0. The number of carboxylic acids is 1. The number of carbonyl (C=O) groups excluding carboxylic acids is 1. The van der Waals surface area contributed by atoms with E-state index in [2.05, 4.69) is 5.32 Å². The van der Waals surface area contributed by atoms with Crippen molar-refractivity contribution < 1.29 is 19.8 Å². The molecule has 7 nitrogen and oxygen atoms in total. The van der Waals surface area contributed by atoms with E-state index in [0.717, 1.165) is 0 Å². The van der Waals surface area contributed by atoms with Crippen molar-refractivity contribution in [2.75, 3.05) is 18.5 Å². The molecule has 19 heavy (non-hydrogen) atoms. The highest BCUT2D eigenvalue weighted by molar-refractivity contribution is 5.91. The van der Waals surface area contributed by atoms with Gasteiger partial charge in [-0.15, -0.1) is 0 Å². The Bertz CT molecular complexity index is 507. The summed E-state index contributed by atoms with van der Waals surface area (Å²) in [5, 5.41) is 28.4. The third kappa shape index (κ3) is 3.97. The number of anilines is 1. The molecule has 0 heterocycles. The first-order chi connectivity index (χ1) is 8.95. The van der Waals surface area contributed by atoms with Gasteiger partial charge >= 0.3 is 12.0 Å². The summed E-state index contributed by atoms with van der Waals surface area (Å²) in [6.45, 7) is -0.380. The average Bonchev–Trinajstić information content (AvgIpc) is 2.43. The Kier molecular flexibility index (Phi) is 4.85. The number of nitrogens with zero attached hydrogens (tertiary/aromatic N) is 2. The van der Waals surface area contributed by atoms with Gasteiger partial charge < -0.3 is 15.5 Å². The smallest absolute Gasteiger partial charge is 0.334 e. The molecule has 0 aliphatic carbocycles. The van der Waals surface area contributed by atoms with E-state index in [0.29, 0.717) is 11.3 Å². The molecule has 1 atom stereocenters. The van der Waals surface area contributed by atoms with Crippen LogP contribution in [0.1, 0.15) is 5.56 Å². The van der Waals surface area contributed by atoms with E-state index >= 15 is 0 Å². The van der Waals surface area contributed by atoms with Gasteiger partial charge in [-0.2, -0.15) is 5.26 Å². The van der Waals surface area contributed by atoms with Crippen molar-refractivity contribution in [3.63, 3.8) is 0 Å². The number of carbonyl (C=O) groups is 2. The van der Waals surface area contributed by atoms with Crippen LogP contribution >= 0.6 is 0 Å². The molecule has 0 unspecified atom stereocenters. The van der Waals surface area contributed by atoms with E-state index in [1.807, 2.05) is 6.07 Å². The van der Waals surface area contributed by atoms with Crippen molar-refractivity contribution in [3.8, 4) is 6.07 Å². The maximum atomic E-state index is 11.7. The Hall–Kier alpha value is -2.59. The standard InChI is InChI=1S/C12H13N3O4/c1-15(9-4-2-8(6-13)3-5-9)12(19)14-7-10(16)11(17)18/h2-5,10,16H,7H2,1H3,(H,14,19)(H,17,18)/t10-/m0/s1. The van der Waals surface area contributed by atoms with Crippen LogP contribution in [-0.2, 0) is 4.79 Å². The van der Waals surface area contributed by atoms with Crippen molar-refractivity contribution in [1.82, 2.24) is 5.32 Å². The van der Waals surface area contributed by atoms with E-state index in [-0.39, 0.29) is 6.54 Å². The van der Waals surface area contributed by atoms with Gasteiger partial charge in [-0.25, -0.2) is 9.59 Å². The van der Waals surface area contributed by atoms with Crippen LogP contribution in [0.3, 0.4) is 0 Å². The van der Waals surface area contributed by atoms with E-state index in [1.54, 1.807) is 24.3 Å². The number of nitriles is 1. The normalized spacial score (nSPS) is 11.2. The fourth-order valence-corrected chi connectivity index (χ4v) is 1.27. The van der Waals surface area contributed by atoms with Crippen molar-refractivity contribution in [2.45, 2.75) is 6.10 Å². The summed E-state index contributed by atoms with van der Waals surface area (Å²) >= 11 is 0. The first-order valence-corrected chi connectivity index (χ1v) is 5.38. The molecular formula is C12H13N3O4. The number of hydrogen-bond acceptors (Lipinski definition) is 4. The number of amides is 2. The van der Waals surface area contributed by atoms with Crippen LogP contribution in [0.5, 0.6) is 0 Å². The monoisotopic (exact) mass is 263 g/mol. The second kappa shape index (κ2) is 6.37. The number of aliphatic carboxylic acids is 1. The number of rotatable bonds is 4. The van der Waals surface area contributed by atoms with Crippen molar-refractivity contribution in [2.24, 2.45) is 0 Å². The molecule has 0 spiro atoms. The van der Waals surface area contributed by atoms with Crippen LogP contribution in [0.25, 0.3) is 0 Å². The Morgan fingerprint density at radius 2 is 2.00 bits per heavy atom. The maximum absolute atomic E-state index is 11.7. The lowest BCUT2D eigenvalue weighted by molar-refractivity contribution is -0.146. The maximum Gasteiger partial charge on any atom is 0.334 e. The molecule has 1 aromatic rings. The molecule has 2 amide bonds. The molecule has 0 saturated heterocycles. The lowest BCUT2D eigenvalue weighted by atomic mass is 10.2. The topological polar surface area (TPSA) is 114 Å². The zero-order valence-electron chi connectivity index (χ0n) is 10.2. The van der Waals surface area contributed by atoms with Gasteiger partial charge in [-0.1, -0.05) is 0 Å². The molecule has 0 aliphatic heterocycles. The van der Waals surface area contributed by atoms with Crippen LogP contribution in [0.4, 0.5) is 10.5 Å². The van der Waals surface area contributed by atoms with Crippen LogP contribution in [-0.4, -0.2) is 41.9 Å². The second-order valence-electron chi connectivity index (χ2n) is 3.76. The third-order valence-corrected chi connectivity index (χ3v) is 2.42. The number of carboxylic acid groups (broad SMARTS) is 1. The average molecular weight is 263 g/mol. The van der Waals surface area contributed by atoms with E-state index < -0.39 is 18.1 Å². The number of nitrogens with one attached hydrogen (secondary N) is 1. The lowest BCUT2D eigenvalue weighted by Crippen LogP contribution is -2.43. The third-order valence-electron chi connectivity index (χ3n) is 2.42. The molecule has 1 rings (SSSR count). The molecule has 3 N–H and O–H groups in total. The Balaban J connectivity index is 2.61. The van der Waals surface area contributed by atoms with E-state index in [4.69, 9.17) is 15.5 Å². The highest BCUT2D eigenvalue weighted by atomic mass is 16.4. The van der Waals surface area contributed by atoms with Gasteiger partial charge in [-0.05, 0) is 24.3 Å². The van der Waals surface area contributed by atoms with Crippen molar-refractivity contribution in [1.29, 1.82) is 5.26 Å². The summed E-state index contributed by atoms with van der Waals surface area (Å²) in [7, 11) is 1.49. The first-order valence-electron chi connectivity index (χ1n) is 5.38.